The number of carbonyl (C=O) groups excluding carboxylic acids is 1. The highest BCUT2D eigenvalue weighted by Gasteiger charge is 2.39. The quantitative estimate of drug-likeness (QED) is 0.302. The molecule has 1 fully saturated rings. The van der Waals surface area contributed by atoms with Gasteiger partial charge in [0.1, 0.15) is 23.8 Å². The topological polar surface area (TPSA) is 67.5 Å². The van der Waals surface area contributed by atoms with Crippen molar-refractivity contribution in [2.45, 2.75) is 64.8 Å². The fourth-order valence-corrected chi connectivity index (χ4v) is 5.50. The lowest BCUT2D eigenvalue weighted by molar-refractivity contribution is 0.0152. The minimum absolute atomic E-state index is 0.0915. The van der Waals surface area contributed by atoms with Crippen molar-refractivity contribution in [1.82, 2.24) is 14.9 Å². The smallest absolute Gasteiger partial charge is 0.411 e. The fraction of sp³-hybridized carbons (Fsp3) is 0.357. The molecule has 0 radical (unpaired) electrons. The van der Waals surface area contributed by atoms with Crippen LogP contribution in [0.15, 0.2) is 42.5 Å². The summed E-state index contributed by atoms with van der Waals surface area (Å²) in [5.74, 6) is 1.63. The Kier molecular flexibility index (Phi) is 5.01. The number of ether oxygens (including phenoxy) is 2. The Morgan fingerprint density at radius 1 is 1.14 bits per heavy atom. The number of halogens is 1. The van der Waals surface area contributed by atoms with Crippen molar-refractivity contribution >= 4 is 39.5 Å². The maximum atomic E-state index is 13.0. The van der Waals surface area contributed by atoms with Gasteiger partial charge in [-0.15, -0.1) is 0 Å². The third-order valence-electron chi connectivity index (χ3n) is 6.92. The number of H-pyrrole nitrogens is 1. The van der Waals surface area contributed by atoms with E-state index in [1.54, 1.807) is 0 Å². The van der Waals surface area contributed by atoms with Gasteiger partial charge < -0.3 is 14.5 Å². The molecular weight excluding hydrogens is 462 g/mol. The highest BCUT2D eigenvalue weighted by atomic mass is 35.5. The normalized spacial score (nSPS) is 19.5. The van der Waals surface area contributed by atoms with Crippen LogP contribution in [0.3, 0.4) is 0 Å². The van der Waals surface area contributed by atoms with E-state index >= 15 is 0 Å². The lowest BCUT2D eigenvalue weighted by atomic mass is 9.94. The molecule has 2 unspecified atom stereocenters. The predicted octanol–water partition coefficient (Wildman–Crippen LogP) is 7.39. The first-order valence-electron chi connectivity index (χ1n) is 12.1. The number of hydrogen-bond donors (Lipinski definition) is 1. The molecule has 2 aliphatic rings. The number of benzene rings is 3. The Labute approximate surface area is 209 Å². The largest absolute Gasteiger partial charge is 0.488 e. The number of likely N-dealkylation sites (tertiary alicyclic amines) is 1. The van der Waals surface area contributed by atoms with E-state index in [1.165, 1.54) is 0 Å². The van der Waals surface area contributed by atoms with Gasteiger partial charge in [-0.3, -0.25) is 4.90 Å². The van der Waals surface area contributed by atoms with Gasteiger partial charge in [0, 0.05) is 22.0 Å². The molecule has 4 aromatic rings. The second-order valence-electron chi connectivity index (χ2n) is 10.6. The summed E-state index contributed by atoms with van der Waals surface area (Å²) in [4.78, 5) is 23.3. The average Bonchev–Trinajstić information content (AvgIpc) is 3.40. The lowest BCUT2D eigenvalue weighted by Crippen LogP contribution is -2.40. The molecule has 0 aliphatic carbocycles. The van der Waals surface area contributed by atoms with Gasteiger partial charge in [-0.05, 0) is 87.4 Å². The Morgan fingerprint density at radius 2 is 1.97 bits per heavy atom. The van der Waals surface area contributed by atoms with E-state index in [0.717, 1.165) is 62.9 Å². The maximum Gasteiger partial charge on any atom is 0.411 e. The number of rotatable bonds is 1. The lowest BCUT2D eigenvalue weighted by Gasteiger charge is -2.30. The number of nitrogens with one attached hydrogen (secondary N) is 1. The number of aromatic nitrogens is 2. The van der Waals surface area contributed by atoms with Gasteiger partial charge in [-0.2, -0.15) is 0 Å². The standard InChI is InChI=1S/C28H28ClN3O3/c1-15-5-10-23(32(15)27(33)35-28(2,3)4)26-30-22-9-6-16-12-21-19-8-7-18(29)11-17(19)14-34-24(21)13-20(16)25(22)31-26/h6-9,11-13,15,23H,5,10,14H2,1-4H3,(H,30,31). The number of fused-ring (bicyclic) bond motifs is 6. The molecule has 180 valence electrons. The van der Waals surface area contributed by atoms with E-state index < -0.39 is 5.60 Å². The van der Waals surface area contributed by atoms with Crippen LogP contribution >= 0.6 is 11.6 Å². The predicted molar refractivity (Wildman–Crippen MR) is 138 cm³/mol. The molecule has 1 N–H and O–H groups in total. The summed E-state index contributed by atoms with van der Waals surface area (Å²) >= 11 is 6.19. The second kappa shape index (κ2) is 7.89. The zero-order valence-electron chi connectivity index (χ0n) is 20.3. The van der Waals surface area contributed by atoms with Crippen molar-refractivity contribution in [2.75, 3.05) is 0 Å². The Hall–Kier alpha value is -3.25. The van der Waals surface area contributed by atoms with E-state index in [4.69, 9.17) is 26.1 Å². The first-order chi connectivity index (χ1) is 16.7. The zero-order valence-corrected chi connectivity index (χ0v) is 21.1. The number of nitrogens with zero attached hydrogens (tertiary/aromatic N) is 2. The second-order valence-corrected chi connectivity index (χ2v) is 11.0. The molecule has 7 heteroatoms. The van der Waals surface area contributed by atoms with Gasteiger partial charge in [0.25, 0.3) is 0 Å². The molecule has 6 nitrogen and oxygen atoms in total. The van der Waals surface area contributed by atoms with Crippen LogP contribution < -0.4 is 4.74 Å². The minimum Gasteiger partial charge on any atom is -0.488 e. The summed E-state index contributed by atoms with van der Waals surface area (Å²) in [6.07, 6.45) is 1.46. The van der Waals surface area contributed by atoms with Crippen LogP contribution in [0.25, 0.3) is 32.9 Å². The molecule has 6 rings (SSSR count). The molecule has 2 atom stereocenters. The summed E-state index contributed by atoms with van der Waals surface area (Å²) < 4.78 is 11.8. The van der Waals surface area contributed by atoms with E-state index in [0.29, 0.717) is 11.6 Å². The summed E-state index contributed by atoms with van der Waals surface area (Å²) in [6, 6.07) is 14.3. The van der Waals surface area contributed by atoms with E-state index in [2.05, 4.69) is 42.2 Å². The SMILES string of the molecule is CC1CCC(c2nc3c(ccc4cc5c(cc43)OCc3cc(Cl)ccc3-5)[nH]2)N1C(=O)OC(C)(C)C. The molecule has 0 spiro atoms. The third kappa shape index (κ3) is 3.80. The van der Waals surface area contributed by atoms with Crippen LogP contribution in [-0.2, 0) is 11.3 Å². The van der Waals surface area contributed by atoms with Crippen LogP contribution in [0, 0.1) is 0 Å². The number of hydrogen-bond acceptors (Lipinski definition) is 4. The van der Waals surface area contributed by atoms with Gasteiger partial charge in [0.2, 0.25) is 0 Å². The van der Waals surface area contributed by atoms with Crippen molar-refractivity contribution in [2.24, 2.45) is 0 Å². The Balaban J connectivity index is 1.42. The van der Waals surface area contributed by atoms with Gasteiger partial charge in [-0.1, -0.05) is 23.7 Å². The Morgan fingerprint density at radius 3 is 2.77 bits per heavy atom. The first-order valence-corrected chi connectivity index (χ1v) is 12.4. The van der Waals surface area contributed by atoms with Crippen molar-refractivity contribution in [3.8, 4) is 16.9 Å². The molecule has 35 heavy (non-hydrogen) atoms. The van der Waals surface area contributed by atoms with Crippen molar-refractivity contribution in [3.05, 3.63) is 58.9 Å². The molecule has 2 aliphatic heterocycles. The highest BCUT2D eigenvalue weighted by Crippen LogP contribution is 2.43. The molecule has 1 aromatic heterocycles. The van der Waals surface area contributed by atoms with Gasteiger partial charge in [-0.25, -0.2) is 9.78 Å². The highest BCUT2D eigenvalue weighted by molar-refractivity contribution is 6.30. The zero-order chi connectivity index (χ0) is 24.5. The van der Waals surface area contributed by atoms with Crippen LogP contribution in [0.5, 0.6) is 5.75 Å². The monoisotopic (exact) mass is 489 g/mol. The molecular formula is C28H28ClN3O3. The van der Waals surface area contributed by atoms with E-state index in [1.807, 2.05) is 37.8 Å². The average molecular weight is 490 g/mol. The van der Waals surface area contributed by atoms with Crippen LogP contribution in [-0.4, -0.2) is 32.6 Å². The molecule has 1 saturated heterocycles. The minimum atomic E-state index is -0.545. The van der Waals surface area contributed by atoms with Gasteiger partial charge >= 0.3 is 6.09 Å². The molecule has 1 amide bonds. The Bertz CT molecular complexity index is 1490. The van der Waals surface area contributed by atoms with Crippen molar-refractivity contribution in [3.63, 3.8) is 0 Å². The third-order valence-corrected chi connectivity index (χ3v) is 7.15. The number of amides is 1. The number of aromatic amines is 1. The van der Waals surface area contributed by atoms with Crippen LogP contribution in [0.4, 0.5) is 4.79 Å². The van der Waals surface area contributed by atoms with E-state index in [-0.39, 0.29) is 18.2 Å². The summed E-state index contributed by atoms with van der Waals surface area (Å²) in [5.41, 5.74) is 4.58. The van der Waals surface area contributed by atoms with E-state index in [9.17, 15) is 4.79 Å². The summed E-state index contributed by atoms with van der Waals surface area (Å²) in [6.45, 7) is 8.23. The molecule has 0 saturated carbocycles. The van der Waals surface area contributed by atoms with Crippen LogP contribution in [0.1, 0.15) is 58.0 Å². The molecule has 3 heterocycles. The van der Waals surface area contributed by atoms with Crippen molar-refractivity contribution in [1.29, 1.82) is 0 Å². The molecule has 3 aromatic carbocycles. The van der Waals surface area contributed by atoms with Gasteiger partial charge in [0.15, 0.2) is 0 Å². The van der Waals surface area contributed by atoms with Crippen LogP contribution in [0.2, 0.25) is 5.02 Å². The van der Waals surface area contributed by atoms with Gasteiger partial charge in [0.05, 0.1) is 17.1 Å². The van der Waals surface area contributed by atoms with Crippen molar-refractivity contribution < 1.29 is 14.3 Å². The first kappa shape index (κ1) is 22.2. The number of carbonyl (C=O) groups is 1. The number of imidazole rings is 1. The fourth-order valence-electron chi connectivity index (χ4n) is 5.31. The summed E-state index contributed by atoms with van der Waals surface area (Å²) in [5, 5.41) is 2.82. The maximum absolute atomic E-state index is 13.0. The summed E-state index contributed by atoms with van der Waals surface area (Å²) in [7, 11) is 0. The molecule has 0 bridgehead atoms.